The standard InChI is InChI=1S/C13H12F6OP/c14-12(15,16)8-4-3-5-9(13(17,18)19)11(8)10(20)6-1-2-7-21/h3-5,21H,1-2,6-7H2/q-1. The number of Topliss-reactive ketones (excluding diaryl/α,β-unsaturated/α-hetero) is 1. The summed E-state index contributed by atoms with van der Waals surface area (Å²) in [4.78, 5) is 11.8. The molecule has 21 heavy (non-hydrogen) atoms. The number of rotatable bonds is 5. The topological polar surface area (TPSA) is 17.1 Å². The molecule has 0 fully saturated rings. The normalized spacial score (nSPS) is 12.5. The Balaban J connectivity index is 3.33. The summed E-state index contributed by atoms with van der Waals surface area (Å²) in [6.07, 6.45) is -9.17. The summed E-state index contributed by atoms with van der Waals surface area (Å²) >= 11 is 0. The van der Waals surface area contributed by atoms with E-state index in [0.717, 1.165) is 0 Å². The fourth-order valence-corrected chi connectivity index (χ4v) is 2.11. The Morgan fingerprint density at radius 2 is 1.43 bits per heavy atom. The maximum atomic E-state index is 12.8. The molecule has 0 N–H and O–H groups in total. The molecule has 0 aliphatic carbocycles. The lowest BCUT2D eigenvalue weighted by molar-refractivity contribution is -0.143. The van der Waals surface area contributed by atoms with Gasteiger partial charge in [0.25, 0.3) is 0 Å². The van der Waals surface area contributed by atoms with Gasteiger partial charge in [-0.05, 0) is 18.6 Å². The van der Waals surface area contributed by atoms with Crippen molar-refractivity contribution in [3.63, 3.8) is 0 Å². The molecule has 0 spiro atoms. The van der Waals surface area contributed by atoms with E-state index in [2.05, 4.69) is 9.24 Å². The van der Waals surface area contributed by atoms with Crippen LogP contribution in [0.25, 0.3) is 0 Å². The van der Waals surface area contributed by atoms with E-state index >= 15 is 0 Å². The molecule has 1 rings (SSSR count). The van der Waals surface area contributed by atoms with Crippen molar-refractivity contribution in [3.05, 3.63) is 34.9 Å². The third-order valence-electron chi connectivity index (χ3n) is 2.78. The van der Waals surface area contributed by atoms with Crippen molar-refractivity contribution in [3.8, 4) is 0 Å². The van der Waals surface area contributed by atoms with Gasteiger partial charge < -0.3 is 9.24 Å². The largest absolute Gasteiger partial charge is 0.558 e. The molecule has 0 saturated heterocycles. The highest BCUT2D eigenvalue weighted by Crippen LogP contribution is 2.39. The van der Waals surface area contributed by atoms with Gasteiger partial charge >= 0.3 is 12.4 Å². The van der Waals surface area contributed by atoms with Crippen molar-refractivity contribution in [1.29, 1.82) is 0 Å². The average Bonchev–Trinajstić information content (AvgIpc) is 2.36. The molecule has 0 amide bonds. The van der Waals surface area contributed by atoms with Crippen LogP contribution in [0.2, 0.25) is 0 Å². The fraction of sp³-hybridized carbons (Fsp3) is 0.462. The molecule has 0 aliphatic heterocycles. The molecule has 0 radical (unpaired) electrons. The number of hydrogen-bond donors (Lipinski definition) is 0. The Bertz CT molecular complexity index is 474. The second kappa shape index (κ2) is 6.77. The predicted molar refractivity (Wildman–Crippen MR) is 67.8 cm³/mol. The van der Waals surface area contributed by atoms with Crippen molar-refractivity contribution in [2.24, 2.45) is 0 Å². The zero-order valence-electron chi connectivity index (χ0n) is 10.7. The molecule has 0 atom stereocenters. The van der Waals surface area contributed by atoms with Crippen LogP contribution in [0.3, 0.4) is 0 Å². The summed E-state index contributed by atoms with van der Waals surface area (Å²) in [5, 5.41) is 0. The van der Waals surface area contributed by atoms with Crippen LogP contribution in [-0.4, -0.2) is 11.9 Å². The number of carbonyl (C=O) groups is 1. The van der Waals surface area contributed by atoms with Crippen molar-refractivity contribution in [2.75, 3.05) is 6.16 Å². The second-order valence-electron chi connectivity index (χ2n) is 4.35. The molecular weight excluding hydrogens is 317 g/mol. The van der Waals surface area contributed by atoms with Gasteiger partial charge in [-0.15, -0.1) is 0 Å². The maximum Gasteiger partial charge on any atom is 0.417 e. The highest BCUT2D eigenvalue weighted by Gasteiger charge is 2.42. The molecule has 0 saturated carbocycles. The number of carbonyl (C=O) groups excluding carboxylic acids is 1. The van der Waals surface area contributed by atoms with Crippen LogP contribution in [0.4, 0.5) is 26.3 Å². The first kappa shape index (κ1) is 18.0. The van der Waals surface area contributed by atoms with Crippen molar-refractivity contribution in [1.82, 2.24) is 0 Å². The predicted octanol–water partition coefficient (Wildman–Crippen LogP) is 5.22. The minimum Gasteiger partial charge on any atom is -0.558 e. The van der Waals surface area contributed by atoms with Gasteiger partial charge in [0.15, 0.2) is 5.78 Å². The van der Waals surface area contributed by atoms with Crippen LogP contribution in [0, 0.1) is 0 Å². The van der Waals surface area contributed by atoms with E-state index in [-0.39, 0.29) is 12.8 Å². The van der Waals surface area contributed by atoms with Crippen molar-refractivity contribution in [2.45, 2.75) is 31.6 Å². The first-order valence-corrected chi connectivity index (χ1v) is 6.75. The monoisotopic (exact) mass is 329 g/mol. The zero-order valence-corrected chi connectivity index (χ0v) is 11.7. The molecule has 1 nitrogen and oxygen atoms in total. The van der Waals surface area contributed by atoms with Crippen LogP contribution >= 0.6 is 9.24 Å². The van der Waals surface area contributed by atoms with Gasteiger partial charge in [-0.1, -0.05) is 12.5 Å². The number of halogens is 6. The maximum absolute atomic E-state index is 12.8. The number of unbranched alkanes of at least 4 members (excludes halogenated alkanes) is 1. The minimum absolute atomic E-state index is 0.214. The molecule has 0 aromatic heterocycles. The number of alkyl halides is 6. The lowest BCUT2D eigenvalue weighted by atomic mass is 9.94. The van der Waals surface area contributed by atoms with Gasteiger partial charge in [0.2, 0.25) is 0 Å². The van der Waals surface area contributed by atoms with Gasteiger partial charge in [0.05, 0.1) is 11.1 Å². The van der Waals surface area contributed by atoms with E-state index in [9.17, 15) is 31.1 Å². The second-order valence-corrected chi connectivity index (χ2v) is 4.85. The van der Waals surface area contributed by atoms with Gasteiger partial charge in [-0.25, -0.2) is 0 Å². The summed E-state index contributed by atoms with van der Waals surface area (Å²) < 4.78 is 77.0. The van der Waals surface area contributed by atoms with E-state index in [1.807, 2.05) is 0 Å². The van der Waals surface area contributed by atoms with Gasteiger partial charge in [-0.2, -0.15) is 32.5 Å². The van der Waals surface area contributed by atoms with Crippen LogP contribution in [0.5, 0.6) is 0 Å². The minimum atomic E-state index is -5.01. The quantitative estimate of drug-likeness (QED) is 0.313. The Morgan fingerprint density at radius 1 is 0.952 bits per heavy atom. The molecule has 1 aromatic carbocycles. The van der Waals surface area contributed by atoms with E-state index in [0.29, 0.717) is 30.8 Å². The van der Waals surface area contributed by atoms with Crippen molar-refractivity contribution < 1.29 is 31.1 Å². The third-order valence-corrected chi connectivity index (χ3v) is 3.14. The van der Waals surface area contributed by atoms with Crippen LogP contribution < -0.4 is 0 Å². The average molecular weight is 329 g/mol. The SMILES string of the molecule is O=C(CCCC[PH-])c1c(C(F)(F)F)cccc1C(F)(F)F. The highest BCUT2D eigenvalue weighted by atomic mass is 31.0. The summed E-state index contributed by atoms with van der Waals surface area (Å²) in [5.74, 6) is -1.14. The lowest BCUT2D eigenvalue weighted by Gasteiger charge is -2.17. The Kier molecular flexibility index (Phi) is 5.79. The smallest absolute Gasteiger partial charge is 0.417 e. The number of benzene rings is 1. The van der Waals surface area contributed by atoms with E-state index in [4.69, 9.17) is 0 Å². The number of hydrogen-bond acceptors (Lipinski definition) is 1. The van der Waals surface area contributed by atoms with Crippen LogP contribution in [-0.2, 0) is 12.4 Å². The molecular formula is C13H12F6OP-. The molecule has 0 bridgehead atoms. The first-order valence-electron chi connectivity index (χ1n) is 6.04. The van der Waals surface area contributed by atoms with Gasteiger partial charge in [0, 0.05) is 12.0 Å². The van der Waals surface area contributed by atoms with E-state index < -0.39 is 34.8 Å². The molecule has 0 aliphatic rings. The molecule has 1 aromatic rings. The summed E-state index contributed by atoms with van der Waals surface area (Å²) in [7, 11) is 3.12. The number of ketones is 1. The van der Waals surface area contributed by atoms with Crippen LogP contribution in [0.15, 0.2) is 18.2 Å². The lowest BCUT2D eigenvalue weighted by Crippen LogP contribution is -2.20. The first-order chi connectivity index (χ1) is 9.59. The third kappa shape index (κ3) is 4.70. The van der Waals surface area contributed by atoms with Crippen LogP contribution in [0.1, 0.15) is 40.7 Å². The highest BCUT2D eigenvalue weighted by molar-refractivity contribution is 7.16. The summed E-state index contributed by atoms with van der Waals surface area (Å²) in [6.45, 7) is 0. The Labute approximate surface area is 119 Å². The summed E-state index contributed by atoms with van der Waals surface area (Å²) in [5.41, 5.74) is -4.37. The molecule has 118 valence electrons. The van der Waals surface area contributed by atoms with E-state index in [1.165, 1.54) is 0 Å². The van der Waals surface area contributed by atoms with Gasteiger partial charge in [-0.3, -0.25) is 4.79 Å². The molecule has 0 unspecified atom stereocenters. The Morgan fingerprint density at radius 3 is 1.81 bits per heavy atom. The van der Waals surface area contributed by atoms with Gasteiger partial charge in [0.1, 0.15) is 0 Å². The van der Waals surface area contributed by atoms with E-state index in [1.54, 1.807) is 0 Å². The fourth-order valence-electron chi connectivity index (χ4n) is 1.86. The molecule has 8 heteroatoms. The summed E-state index contributed by atoms with van der Waals surface area (Å²) in [6, 6.07) is 1.64. The zero-order chi connectivity index (χ0) is 16.3. The molecule has 0 heterocycles. The van der Waals surface area contributed by atoms with Crippen molar-refractivity contribution >= 4 is 15.0 Å². The Hall–Kier alpha value is -1.10.